The van der Waals surface area contributed by atoms with E-state index in [1.54, 1.807) is 0 Å². The number of hydrogen-bond donors (Lipinski definition) is 2. The van der Waals surface area contributed by atoms with Gasteiger partial charge in [-0.2, -0.15) is 4.37 Å². The van der Waals surface area contributed by atoms with Crippen LogP contribution in [0.15, 0.2) is 0 Å². The predicted molar refractivity (Wildman–Crippen MR) is 75.3 cm³/mol. The maximum atomic E-state index is 11.9. The van der Waals surface area contributed by atoms with Gasteiger partial charge in [-0.05, 0) is 30.3 Å². The van der Waals surface area contributed by atoms with Crippen LogP contribution in [-0.2, 0) is 10.0 Å². The average Bonchev–Trinajstić information content (AvgIpc) is 2.55. The highest BCUT2D eigenvalue weighted by molar-refractivity contribution is 7.92. The van der Waals surface area contributed by atoms with Crippen LogP contribution in [0.2, 0.25) is 0 Å². The van der Waals surface area contributed by atoms with E-state index < -0.39 is 16.0 Å². The highest BCUT2D eigenvalue weighted by Crippen LogP contribution is 2.26. The second kappa shape index (κ2) is 5.46. The summed E-state index contributed by atoms with van der Waals surface area (Å²) in [5.41, 5.74) is 0.129. The zero-order valence-corrected chi connectivity index (χ0v) is 13.0. The second-order valence-corrected chi connectivity index (χ2v) is 8.12. The number of carboxylic acids is 1. The van der Waals surface area contributed by atoms with Crippen LogP contribution in [0.5, 0.6) is 0 Å². The van der Waals surface area contributed by atoms with Crippen LogP contribution < -0.4 is 4.72 Å². The Bertz CT molecular complexity index is 570. The fourth-order valence-corrected chi connectivity index (χ4v) is 3.87. The van der Waals surface area contributed by atoms with Gasteiger partial charge < -0.3 is 5.11 Å². The zero-order valence-electron chi connectivity index (χ0n) is 11.3. The van der Waals surface area contributed by atoms with Crippen molar-refractivity contribution in [3.63, 3.8) is 0 Å². The third-order valence-electron chi connectivity index (χ3n) is 2.45. The minimum Gasteiger partial charge on any atom is -0.478 e. The lowest BCUT2D eigenvalue weighted by Crippen LogP contribution is -2.21. The Morgan fingerprint density at radius 1 is 1.42 bits per heavy atom. The fourth-order valence-electron chi connectivity index (χ4n) is 1.32. The Morgan fingerprint density at radius 3 is 2.47 bits per heavy atom. The van der Waals surface area contributed by atoms with Gasteiger partial charge in [-0.3, -0.25) is 4.72 Å². The molecule has 0 saturated heterocycles. The average molecular weight is 306 g/mol. The molecule has 0 spiro atoms. The molecule has 0 aliphatic heterocycles. The molecule has 0 amide bonds. The van der Waals surface area contributed by atoms with Crippen molar-refractivity contribution in [1.29, 1.82) is 0 Å². The first-order chi connectivity index (χ1) is 8.52. The molecule has 2 N–H and O–H groups in total. The van der Waals surface area contributed by atoms with E-state index in [0.29, 0.717) is 12.1 Å². The molecule has 0 bridgehead atoms. The molecule has 1 rings (SSSR count). The van der Waals surface area contributed by atoms with Gasteiger partial charge in [0.2, 0.25) is 10.0 Å². The number of carboxylic acid groups (broad SMARTS) is 1. The molecule has 1 aromatic rings. The predicted octanol–water partition coefficient (Wildman–Crippen LogP) is 2.33. The summed E-state index contributed by atoms with van der Waals surface area (Å²) < 4.78 is 30.0. The Labute approximate surface area is 117 Å². The summed E-state index contributed by atoms with van der Waals surface area (Å²) in [7, 11) is -3.55. The Morgan fingerprint density at radius 2 is 2.00 bits per heavy atom. The van der Waals surface area contributed by atoms with Crippen LogP contribution in [0.3, 0.4) is 0 Å². The Kier molecular flexibility index (Phi) is 4.57. The molecule has 6 nitrogen and oxygen atoms in total. The van der Waals surface area contributed by atoms with Crippen molar-refractivity contribution in [3.8, 4) is 0 Å². The molecule has 0 radical (unpaired) electrons. The Balaban J connectivity index is 2.88. The van der Waals surface area contributed by atoms with Crippen LogP contribution in [0, 0.1) is 12.3 Å². The van der Waals surface area contributed by atoms with Gasteiger partial charge in [-0.1, -0.05) is 20.8 Å². The number of sulfonamides is 1. The molecule has 0 aliphatic rings. The van der Waals surface area contributed by atoms with Gasteiger partial charge in [0.05, 0.1) is 11.4 Å². The Hall–Kier alpha value is -1.15. The van der Waals surface area contributed by atoms with Crippen molar-refractivity contribution >= 4 is 32.5 Å². The number of nitrogens with zero attached hydrogens (tertiary/aromatic N) is 1. The first-order valence-electron chi connectivity index (χ1n) is 5.72. The van der Waals surface area contributed by atoms with Crippen molar-refractivity contribution in [3.05, 3.63) is 11.3 Å². The molecule has 0 atom stereocenters. The lowest BCUT2D eigenvalue weighted by molar-refractivity contribution is 0.0697. The summed E-state index contributed by atoms with van der Waals surface area (Å²) in [6.07, 6.45) is 0.489. The van der Waals surface area contributed by atoms with Gasteiger partial charge in [0.25, 0.3) is 0 Å². The molecule has 0 unspecified atom stereocenters. The SMILES string of the molecule is Cc1nsc(NS(=O)(=O)CCC(C)(C)C)c1C(=O)O. The van der Waals surface area contributed by atoms with E-state index in [1.165, 1.54) is 6.92 Å². The van der Waals surface area contributed by atoms with Crippen molar-refractivity contribution in [2.75, 3.05) is 10.5 Å². The summed E-state index contributed by atoms with van der Waals surface area (Å²) in [4.78, 5) is 11.0. The number of carbonyl (C=O) groups is 1. The fraction of sp³-hybridized carbons (Fsp3) is 0.636. The number of anilines is 1. The van der Waals surface area contributed by atoms with Gasteiger partial charge in [-0.15, -0.1) is 0 Å². The minimum atomic E-state index is -3.55. The molecule has 0 aromatic carbocycles. The largest absolute Gasteiger partial charge is 0.478 e. The van der Waals surface area contributed by atoms with Gasteiger partial charge in [0.1, 0.15) is 10.6 Å². The summed E-state index contributed by atoms with van der Waals surface area (Å²) >= 11 is 0.844. The van der Waals surface area contributed by atoms with Gasteiger partial charge in [0.15, 0.2) is 0 Å². The van der Waals surface area contributed by atoms with E-state index in [0.717, 1.165) is 11.5 Å². The number of aromatic carboxylic acids is 1. The number of aromatic nitrogens is 1. The third kappa shape index (κ3) is 4.79. The van der Waals surface area contributed by atoms with Crippen LogP contribution in [0.4, 0.5) is 5.00 Å². The first-order valence-corrected chi connectivity index (χ1v) is 8.14. The maximum Gasteiger partial charge on any atom is 0.340 e. The van der Waals surface area contributed by atoms with E-state index in [2.05, 4.69) is 9.10 Å². The molecule has 0 saturated carbocycles. The second-order valence-electron chi connectivity index (χ2n) is 5.51. The van der Waals surface area contributed by atoms with Crippen LogP contribution in [0.25, 0.3) is 0 Å². The van der Waals surface area contributed by atoms with Crippen molar-refractivity contribution < 1.29 is 18.3 Å². The monoisotopic (exact) mass is 306 g/mol. The molecule has 0 fully saturated rings. The van der Waals surface area contributed by atoms with E-state index >= 15 is 0 Å². The molecule has 1 heterocycles. The van der Waals surface area contributed by atoms with Crippen molar-refractivity contribution in [2.24, 2.45) is 5.41 Å². The lowest BCUT2D eigenvalue weighted by atomic mass is 9.94. The van der Waals surface area contributed by atoms with E-state index in [1.807, 2.05) is 20.8 Å². The van der Waals surface area contributed by atoms with Gasteiger partial charge >= 0.3 is 5.97 Å². The topological polar surface area (TPSA) is 96.4 Å². The van der Waals surface area contributed by atoms with Crippen molar-refractivity contribution in [1.82, 2.24) is 4.37 Å². The molecule has 19 heavy (non-hydrogen) atoms. The summed E-state index contributed by atoms with van der Waals surface area (Å²) in [6.45, 7) is 7.37. The lowest BCUT2D eigenvalue weighted by Gasteiger charge is -2.17. The molecule has 8 heteroatoms. The summed E-state index contributed by atoms with van der Waals surface area (Å²) in [6, 6.07) is 0. The highest BCUT2D eigenvalue weighted by atomic mass is 32.2. The molecule has 0 aliphatic carbocycles. The zero-order chi connectivity index (χ0) is 14.8. The number of rotatable bonds is 5. The maximum absolute atomic E-state index is 11.9. The van der Waals surface area contributed by atoms with E-state index in [9.17, 15) is 13.2 Å². The summed E-state index contributed by atoms with van der Waals surface area (Å²) in [5, 5.41) is 9.09. The van der Waals surface area contributed by atoms with Gasteiger partial charge in [0, 0.05) is 0 Å². The third-order valence-corrected chi connectivity index (χ3v) is 4.69. The standard InChI is InChI=1S/C11H18N2O4S2/c1-7-8(10(14)15)9(18-12-7)13-19(16,17)6-5-11(2,3)4/h13H,5-6H2,1-4H3,(H,14,15). The molecular formula is C11H18N2O4S2. The minimum absolute atomic E-state index is 0.0491. The van der Waals surface area contributed by atoms with Crippen LogP contribution >= 0.6 is 11.5 Å². The number of hydrogen-bond acceptors (Lipinski definition) is 5. The quantitative estimate of drug-likeness (QED) is 0.870. The molecule has 108 valence electrons. The van der Waals surface area contributed by atoms with Crippen LogP contribution in [-0.4, -0.2) is 29.6 Å². The smallest absolute Gasteiger partial charge is 0.340 e. The van der Waals surface area contributed by atoms with E-state index in [4.69, 9.17) is 5.11 Å². The number of nitrogens with one attached hydrogen (secondary N) is 1. The van der Waals surface area contributed by atoms with Crippen molar-refractivity contribution in [2.45, 2.75) is 34.1 Å². The van der Waals surface area contributed by atoms with Crippen LogP contribution in [0.1, 0.15) is 43.2 Å². The number of aryl methyl sites for hydroxylation is 1. The van der Waals surface area contributed by atoms with E-state index in [-0.39, 0.29) is 21.7 Å². The normalized spacial score (nSPS) is 12.4. The molecular weight excluding hydrogens is 288 g/mol. The summed E-state index contributed by atoms with van der Waals surface area (Å²) in [5.74, 6) is -1.23. The molecule has 1 aromatic heterocycles. The first kappa shape index (κ1) is 15.9. The highest BCUT2D eigenvalue weighted by Gasteiger charge is 2.23. The van der Waals surface area contributed by atoms with Gasteiger partial charge in [-0.25, -0.2) is 13.2 Å².